The van der Waals surface area contributed by atoms with Crippen LogP contribution in [0.15, 0.2) is 164 Å². The molecule has 0 atom stereocenters. The van der Waals surface area contributed by atoms with Crippen molar-refractivity contribution in [3.05, 3.63) is 169 Å². The molecule has 0 N–H and O–H groups in total. The lowest BCUT2D eigenvalue weighted by Gasteiger charge is -2.22. The summed E-state index contributed by atoms with van der Waals surface area (Å²) in [5.74, 6) is 0. The molecule has 10 aromatic rings. The van der Waals surface area contributed by atoms with E-state index in [2.05, 4.69) is 185 Å². The van der Waals surface area contributed by atoms with E-state index in [0.717, 1.165) is 0 Å². The second-order valence-corrected chi connectivity index (χ2v) is 14.9. The molecular formula is C50H36. The van der Waals surface area contributed by atoms with E-state index < -0.39 is 0 Å². The molecule has 0 aromatic heterocycles. The zero-order valence-corrected chi connectivity index (χ0v) is 28.6. The normalized spacial score (nSPS) is 12.3. The molecule has 236 valence electrons. The number of benzene rings is 10. The zero-order valence-electron chi connectivity index (χ0n) is 28.6. The molecule has 0 unspecified atom stereocenters. The van der Waals surface area contributed by atoms with Gasteiger partial charge in [0, 0.05) is 0 Å². The predicted molar refractivity (Wildman–Crippen MR) is 218 cm³/mol. The summed E-state index contributed by atoms with van der Waals surface area (Å²) in [6.45, 7) is 6.89. The molecule has 0 nitrogen and oxygen atoms in total. The summed E-state index contributed by atoms with van der Waals surface area (Å²) >= 11 is 0. The molecule has 50 heavy (non-hydrogen) atoms. The van der Waals surface area contributed by atoms with Crippen LogP contribution in [0.2, 0.25) is 0 Å². The predicted octanol–water partition coefficient (Wildman–Crippen LogP) is 14.3. The smallest absolute Gasteiger partial charge is 0.00206 e. The van der Waals surface area contributed by atoms with Crippen LogP contribution in [-0.4, -0.2) is 0 Å². The van der Waals surface area contributed by atoms with Gasteiger partial charge >= 0.3 is 0 Å². The number of hydrogen-bond donors (Lipinski definition) is 0. The molecule has 0 saturated heterocycles. The van der Waals surface area contributed by atoms with Crippen LogP contribution in [0.3, 0.4) is 0 Å². The van der Waals surface area contributed by atoms with Crippen molar-refractivity contribution < 1.29 is 0 Å². The Labute approximate surface area is 292 Å². The Morgan fingerprint density at radius 3 is 1.42 bits per heavy atom. The third kappa shape index (κ3) is 4.38. The zero-order chi connectivity index (χ0) is 33.6. The van der Waals surface area contributed by atoms with Gasteiger partial charge in [-0.1, -0.05) is 172 Å². The minimum absolute atomic E-state index is 0.104. The van der Waals surface area contributed by atoms with Gasteiger partial charge in [-0.05, 0) is 121 Å². The van der Waals surface area contributed by atoms with Gasteiger partial charge in [-0.25, -0.2) is 0 Å². The van der Waals surface area contributed by atoms with E-state index in [1.165, 1.54) is 104 Å². The highest BCUT2D eigenvalue weighted by molar-refractivity contribution is 6.26. The molecule has 0 heteroatoms. The van der Waals surface area contributed by atoms with Crippen LogP contribution in [0, 0.1) is 0 Å². The fraction of sp³-hybridized carbons (Fsp3) is 0.0800. The van der Waals surface area contributed by atoms with Crippen LogP contribution >= 0.6 is 0 Å². The average molecular weight is 637 g/mol. The Balaban J connectivity index is 1.14. The fourth-order valence-electron chi connectivity index (χ4n) is 8.43. The third-order valence-electron chi connectivity index (χ3n) is 10.9. The summed E-state index contributed by atoms with van der Waals surface area (Å²) in [5.41, 5.74) is 9.11. The molecule has 10 rings (SSSR count). The highest BCUT2D eigenvalue weighted by Crippen LogP contribution is 2.45. The molecule has 0 fully saturated rings. The molecule has 0 aliphatic rings. The van der Waals surface area contributed by atoms with E-state index in [4.69, 9.17) is 0 Å². The van der Waals surface area contributed by atoms with Crippen molar-refractivity contribution in [2.45, 2.75) is 26.2 Å². The highest BCUT2D eigenvalue weighted by atomic mass is 14.2. The first-order valence-electron chi connectivity index (χ1n) is 17.7. The van der Waals surface area contributed by atoms with Crippen molar-refractivity contribution in [3.63, 3.8) is 0 Å². The molecule has 0 spiro atoms. The lowest BCUT2D eigenvalue weighted by molar-refractivity contribution is 0.591. The molecule has 0 bridgehead atoms. The average Bonchev–Trinajstić information content (AvgIpc) is 3.15. The second-order valence-electron chi connectivity index (χ2n) is 14.9. The summed E-state index contributed by atoms with van der Waals surface area (Å²) in [4.78, 5) is 0. The SMILES string of the molecule is CC(C)(C)c1cc2ccc3ccc(-c4ccc5cc(-c6c7ccccc7c(-c7ccccc7)c7ccccc67)ccc5c4)c4ccc(c1)c2c34. The Morgan fingerprint density at radius 1 is 0.320 bits per heavy atom. The maximum atomic E-state index is 2.39. The first-order valence-corrected chi connectivity index (χ1v) is 17.7. The van der Waals surface area contributed by atoms with E-state index in [1.54, 1.807) is 0 Å². The first kappa shape index (κ1) is 29.0. The van der Waals surface area contributed by atoms with E-state index in [1.807, 2.05) is 0 Å². The number of rotatable bonds is 3. The molecule has 10 aromatic carbocycles. The largest absolute Gasteiger partial charge is 0.0622 e. The Morgan fingerprint density at radius 2 is 0.800 bits per heavy atom. The van der Waals surface area contributed by atoms with Crippen LogP contribution in [0.25, 0.3) is 98.0 Å². The molecule has 0 saturated carbocycles. The van der Waals surface area contributed by atoms with Gasteiger partial charge in [-0.3, -0.25) is 0 Å². The summed E-state index contributed by atoms with van der Waals surface area (Å²) < 4.78 is 0. The summed E-state index contributed by atoms with van der Waals surface area (Å²) in [6.07, 6.45) is 0. The van der Waals surface area contributed by atoms with Gasteiger partial charge in [-0.15, -0.1) is 0 Å². The molecule has 0 amide bonds. The fourth-order valence-corrected chi connectivity index (χ4v) is 8.43. The lowest BCUT2D eigenvalue weighted by Crippen LogP contribution is -2.10. The molecule has 0 aliphatic carbocycles. The topological polar surface area (TPSA) is 0 Å². The van der Waals surface area contributed by atoms with Crippen molar-refractivity contribution in [2.24, 2.45) is 0 Å². The Kier molecular flexibility index (Phi) is 6.24. The van der Waals surface area contributed by atoms with Crippen molar-refractivity contribution in [1.82, 2.24) is 0 Å². The Hall–Kier alpha value is -5.98. The van der Waals surface area contributed by atoms with E-state index in [9.17, 15) is 0 Å². The number of fused-ring (bicyclic) bond motifs is 3. The minimum Gasteiger partial charge on any atom is -0.0622 e. The second kappa shape index (κ2) is 10.8. The van der Waals surface area contributed by atoms with E-state index in [0.29, 0.717) is 0 Å². The third-order valence-corrected chi connectivity index (χ3v) is 10.9. The van der Waals surface area contributed by atoms with Crippen LogP contribution in [0.1, 0.15) is 26.3 Å². The molecular weight excluding hydrogens is 601 g/mol. The van der Waals surface area contributed by atoms with Crippen LogP contribution in [0.4, 0.5) is 0 Å². The standard InChI is InChI=1S/C50H36/c1-50(2,3)39-29-37-21-17-32-23-25-40(45-26-24-38(30-39)46(37)49(32)45)35-20-18-34-28-36(22-19-33(34)27-35)48-43-15-9-7-13-41(43)47(31-11-5-4-6-12-31)42-14-8-10-16-44(42)48/h4-30H,1-3H3. The van der Waals surface area contributed by atoms with Crippen molar-refractivity contribution in [2.75, 3.05) is 0 Å². The quantitative estimate of drug-likeness (QED) is 0.134. The Bertz CT molecular complexity index is 2860. The van der Waals surface area contributed by atoms with Crippen LogP contribution < -0.4 is 0 Å². The maximum absolute atomic E-state index is 2.39. The minimum atomic E-state index is 0.104. The molecule has 0 radical (unpaired) electrons. The van der Waals surface area contributed by atoms with E-state index in [-0.39, 0.29) is 5.41 Å². The van der Waals surface area contributed by atoms with Gasteiger partial charge in [0.15, 0.2) is 0 Å². The van der Waals surface area contributed by atoms with Gasteiger partial charge < -0.3 is 0 Å². The summed E-state index contributed by atoms with van der Waals surface area (Å²) in [7, 11) is 0. The number of hydrogen-bond acceptors (Lipinski definition) is 0. The first-order chi connectivity index (χ1) is 24.4. The summed E-state index contributed by atoms with van der Waals surface area (Å²) in [6, 6.07) is 61.3. The molecule has 0 heterocycles. The van der Waals surface area contributed by atoms with E-state index >= 15 is 0 Å². The van der Waals surface area contributed by atoms with Gasteiger partial charge in [0.05, 0.1) is 0 Å². The van der Waals surface area contributed by atoms with Crippen molar-refractivity contribution >= 4 is 64.6 Å². The van der Waals surface area contributed by atoms with Crippen molar-refractivity contribution in [3.8, 4) is 33.4 Å². The van der Waals surface area contributed by atoms with Gasteiger partial charge in [-0.2, -0.15) is 0 Å². The van der Waals surface area contributed by atoms with Gasteiger partial charge in [0.25, 0.3) is 0 Å². The van der Waals surface area contributed by atoms with Crippen LogP contribution in [0.5, 0.6) is 0 Å². The summed E-state index contributed by atoms with van der Waals surface area (Å²) in [5, 5.41) is 15.6. The van der Waals surface area contributed by atoms with Crippen molar-refractivity contribution in [1.29, 1.82) is 0 Å². The maximum Gasteiger partial charge on any atom is -0.00206 e. The molecule has 0 aliphatic heterocycles. The van der Waals surface area contributed by atoms with Gasteiger partial charge in [0.2, 0.25) is 0 Å². The monoisotopic (exact) mass is 636 g/mol. The van der Waals surface area contributed by atoms with Crippen LogP contribution in [-0.2, 0) is 5.41 Å². The highest BCUT2D eigenvalue weighted by Gasteiger charge is 2.19. The van der Waals surface area contributed by atoms with Gasteiger partial charge in [0.1, 0.15) is 0 Å². The lowest BCUT2D eigenvalue weighted by atomic mass is 9.82.